The summed E-state index contributed by atoms with van der Waals surface area (Å²) in [5.41, 5.74) is 6.33. The summed E-state index contributed by atoms with van der Waals surface area (Å²) in [6.07, 6.45) is 3.57. The molecule has 0 saturated carbocycles. The Labute approximate surface area is 118 Å². The molecular formula is C15H19N3O2. The number of ether oxygens (including phenoxy) is 1. The summed E-state index contributed by atoms with van der Waals surface area (Å²) < 4.78 is 5.30. The van der Waals surface area contributed by atoms with Gasteiger partial charge in [0.15, 0.2) is 0 Å². The van der Waals surface area contributed by atoms with Crippen LogP contribution in [0.25, 0.3) is 0 Å². The Hall–Kier alpha value is -1.90. The molecule has 20 heavy (non-hydrogen) atoms. The number of hydrogen-bond acceptors (Lipinski definition) is 4. The van der Waals surface area contributed by atoms with Gasteiger partial charge in [0, 0.05) is 26.0 Å². The minimum Gasteiger partial charge on any atom is -0.381 e. The lowest BCUT2D eigenvalue weighted by Gasteiger charge is -2.22. The van der Waals surface area contributed by atoms with Crippen LogP contribution in [0.15, 0.2) is 18.3 Å². The third-order valence-corrected chi connectivity index (χ3v) is 3.24. The van der Waals surface area contributed by atoms with Gasteiger partial charge in [0.05, 0.1) is 12.1 Å². The number of carbonyl (C=O) groups excluding carboxylic acids is 1. The van der Waals surface area contributed by atoms with Crippen molar-refractivity contribution in [2.45, 2.75) is 12.8 Å². The van der Waals surface area contributed by atoms with E-state index in [1.807, 2.05) is 0 Å². The fourth-order valence-electron chi connectivity index (χ4n) is 2.10. The molecule has 5 heteroatoms. The van der Waals surface area contributed by atoms with E-state index in [2.05, 4.69) is 22.1 Å². The summed E-state index contributed by atoms with van der Waals surface area (Å²) in [5.74, 6) is 5.92. The molecule has 106 valence electrons. The van der Waals surface area contributed by atoms with Crippen molar-refractivity contribution in [3.05, 3.63) is 29.6 Å². The molecule has 3 N–H and O–H groups in total. The highest BCUT2D eigenvalue weighted by Crippen LogP contribution is 2.13. The maximum atomic E-state index is 12.2. The van der Waals surface area contributed by atoms with Gasteiger partial charge in [-0.3, -0.25) is 4.79 Å². The molecule has 1 aromatic rings. The summed E-state index contributed by atoms with van der Waals surface area (Å²) >= 11 is 0. The maximum Gasteiger partial charge on any atom is 0.271 e. The van der Waals surface area contributed by atoms with Crippen LogP contribution < -0.4 is 11.1 Å². The van der Waals surface area contributed by atoms with Gasteiger partial charge in [-0.05, 0) is 30.9 Å². The van der Waals surface area contributed by atoms with Gasteiger partial charge in [0.1, 0.15) is 5.69 Å². The minimum atomic E-state index is -0.182. The highest BCUT2D eigenvalue weighted by Gasteiger charge is 2.16. The van der Waals surface area contributed by atoms with Crippen LogP contribution in [0.4, 0.5) is 0 Å². The van der Waals surface area contributed by atoms with E-state index in [1.165, 1.54) is 0 Å². The monoisotopic (exact) mass is 273 g/mol. The van der Waals surface area contributed by atoms with Crippen LogP contribution in [0.1, 0.15) is 28.9 Å². The lowest BCUT2D eigenvalue weighted by Crippen LogP contribution is -2.33. The molecule has 1 saturated heterocycles. The molecule has 0 radical (unpaired) electrons. The van der Waals surface area contributed by atoms with Crippen LogP contribution in [0.5, 0.6) is 0 Å². The zero-order valence-corrected chi connectivity index (χ0v) is 11.4. The Bertz CT molecular complexity index is 513. The van der Waals surface area contributed by atoms with E-state index in [9.17, 15) is 4.79 Å². The van der Waals surface area contributed by atoms with Crippen molar-refractivity contribution < 1.29 is 9.53 Å². The number of aromatic nitrogens is 1. The number of pyridine rings is 1. The van der Waals surface area contributed by atoms with Gasteiger partial charge in [-0.15, -0.1) is 0 Å². The predicted octanol–water partition coefficient (Wildman–Crippen LogP) is 0.548. The standard InChI is InChI=1S/C15H19N3O2/c16-7-1-3-13-4-2-8-17-14(13)15(19)18-11-12-5-9-20-10-6-12/h2,4,8,12H,5-7,9-11,16H2,(H,18,19). The Morgan fingerprint density at radius 2 is 2.30 bits per heavy atom. The number of carbonyl (C=O) groups is 1. The van der Waals surface area contributed by atoms with Crippen molar-refractivity contribution in [1.82, 2.24) is 10.3 Å². The first-order chi connectivity index (χ1) is 9.81. The second kappa shape index (κ2) is 7.63. The molecule has 1 aromatic heterocycles. The Kier molecular flexibility index (Phi) is 5.54. The van der Waals surface area contributed by atoms with E-state index < -0.39 is 0 Å². The van der Waals surface area contributed by atoms with Crippen LogP contribution in [0.2, 0.25) is 0 Å². The van der Waals surface area contributed by atoms with Gasteiger partial charge in [-0.2, -0.15) is 0 Å². The van der Waals surface area contributed by atoms with Crippen molar-refractivity contribution in [2.75, 3.05) is 26.3 Å². The number of nitrogens with one attached hydrogen (secondary N) is 1. The highest BCUT2D eigenvalue weighted by atomic mass is 16.5. The molecule has 1 amide bonds. The third-order valence-electron chi connectivity index (χ3n) is 3.24. The van der Waals surface area contributed by atoms with E-state index in [0.717, 1.165) is 26.1 Å². The molecule has 0 aliphatic carbocycles. The molecule has 2 rings (SSSR count). The molecule has 2 heterocycles. The third kappa shape index (κ3) is 4.05. The number of hydrogen-bond donors (Lipinski definition) is 2. The zero-order valence-electron chi connectivity index (χ0n) is 11.4. The van der Waals surface area contributed by atoms with E-state index >= 15 is 0 Å². The summed E-state index contributed by atoms with van der Waals surface area (Å²) in [5, 5.41) is 2.93. The van der Waals surface area contributed by atoms with Crippen LogP contribution in [-0.2, 0) is 4.74 Å². The van der Waals surface area contributed by atoms with Crippen molar-refractivity contribution in [2.24, 2.45) is 11.7 Å². The number of nitrogens with zero attached hydrogens (tertiary/aromatic N) is 1. The molecule has 0 unspecified atom stereocenters. The number of nitrogens with two attached hydrogens (primary N) is 1. The van der Waals surface area contributed by atoms with Crippen molar-refractivity contribution in [3.8, 4) is 11.8 Å². The van der Waals surface area contributed by atoms with Crippen LogP contribution in [0, 0.1) is 17.8 Å². The molecule has 0 spiro atoms. The van der Waals surface area contributed by atoms with Gasteiger partial charge in [0.2, 0.25) is 0 Å². The molecule has 5 nitrogen and oxygen atoms in total. The molecule has 1 aliphatic rings. The number of amides is 1. The summed E-state index contributed by atoms with van der Waals surface area (Å²) in [6, 6.07) is 3.54. The number of rotatable bonds is 3. The smallest absolute Gasteiger partial charge is 0.271 e. The Morgan fingerprint density at radius 1 is 1.50 bits per heavy atom. The van der Waals surface area contributed by atoms with Gasteiger partial charge in [0.25, 0.3) is 5.91 Å². The van der Waals surface area contributed by atoms with Crippen LogP contribution >= 0.6 is 0 Å². The van der Waals surface area contributed by atoms with Crippen LogP contribution in [0.3, 0.4) is 0 Å². The van der Waals surface area contributed by atoms with Gasteiger partial charge in [-0.25, -0.2) is 4.98 Å². The first kappa shape index (κ1) is 14.5. The SMILES string of the molecule is NCC#Cc1cccnc1C(=O)NCC1CCOCC1. The second-order valence-corrected chi connectivity index (χ2v) is 4.67. The molecule has 0 bridgehead atoms. The fraction of sp³-hybridized carbons (Fsp3) is 0.467. The quantitative estimate of drug-likeness (QED) is 0.788. The van der Waals surface area contributed by atoms with Crippen molar-refractivity contribution in [3.63, 3.8) is 0 Å². The van der Waals surface area contributed by atoms with Gasteiger partial charge < -0.3 is 15.8 Å². The van der Waals surface area contributed by atoms with Crippen LogP contribution in [-0.4, -0.2) is 37.2 Å². The first-order valence-electron chi connectivity index (χ1n) is 6.81. The summed E-state index contributed by atoms with van der Waals surface area (Å²) in [7, 11) is 0. The summed E-state index contributed by atoms with van der Waals surface area (Å²) in [4.78, 5) is 16.3. The Balaban J connectivity index is 1.97. The normalized spacial score (nSPS) is 15.2. The average Bonchev–Trinajstić information content (AvgIpc) is 2.52. The van der Waals surface area contributed by atoms with Gasteiger partial charge >= 0.3 is 0 Å². The first-order valence-corrected chi connectivity index (χ1v) is 6.81. The topological polar surface area (TPSA) is 77.2 Å². The zero-order chi connectivity index (χ0) is 14.2. The molecule has 0 aromatic carbocycles. The molecule has 1 aliphatic heterocycles. The average molecular weight is 273 g/mol. The van der Waals surface area contributed by atoms with E-state index in [4.69, 9.17) is 10.5 Å². The van der Waals surface area contributed by atoms with E-state index in [-0.39, 0.29) is 12.5 Å². The summed E-state index contributed by atoms with van der Waals surface area (Å²) in [6.45, 7) is 2.47. The van der Waals surface area contributed by atoms with E-state index in [1.54, 1.807) is 18.3 Å². The molecular weight excluding hydrogens is 254 g/mol. The van der Waals surface area contributed by atoms with Crippen molar-refractivity contribution in [1.29, 1.82) is 0 Å². The largest absolute Gasteiger partial charge is 0.381 e. The minimum absolute atomic E-state index is 0.182. The Morgan fingerprint density at radius 3 is 3.05 bits per heavy atom. The fourth-order valence-corrected chi connectivity index (χ4v) is 2.10. The molecule has 0 atom stereocenters. The maximum absolute atomic E-state index is 12.2. The molecule has 1 fully saturated rings. The van der Waals surface area contributed by atoms with Crippen molar-refractivity contribution >= 4 is 5.91 Å². The lowest BCUT2D eigenvalue weighted by molar-refractivity contribution is 0.0642. The lowest BCUT2D eigenvalue weighted by atomic mass is 10.0. The van der Waals surface area contributed by atoms with Gasteiger partial charge in [-0.1, -0.05) is 11.8 Å². The predicted molar refractivity (Wildman–Crippen MR) is 76.0 cm³/mol. The second-order valence-electron chi connectivity index (χ2n) is 4.67. The highest BCUT2D eigenvalue weighted by molar-refractivity contribution is 5.94. The van der Waals surface area contributed by atoms with E-state index in [0.29, 0.717) is 23.7 Å².